The summed E-state index contributed by atoms with van der Waals surface area (Å²) in [5, 5.41) is 12.2. The van der Waals surface area contributed by atoms with Crippen molar-refractivity contribution in [3.63, 3.8) is 0 Å². The van der Waals surface area contributed by atoms with Crippen LogP contribution in [0.1, 0.15) is 47.5 Å². The van der Waals surface area contributed by atoms with E-state index in [9.17, 15) is 14.7 Å². The smallest absolute Gasteiger partial charge is 0.331 e. The number of nitrogens with one attached hydrogen (secondary N) is 1. The van der Waals surface area contributed by atoms with Gasteiger partial charge in [-0.05, 0) is 44.6 Å². The summed E-state index contributed by atoms with van der Waals surface area (Å²) in [7, 11) is 0. The van der Waals surface area contributed by atoms with Gasteiger partial charge in [-0.1, -0.05) is 13.8 Å². The van der Waals surface area contributed by atoms with Gasteiger partial charge in [-0.3, -0.25) is 4.79 Å². The summed E-state index contributed by atoms with van der Waals surface area (Å²) in [5.41, 5.74) is 0.382. The highest BCUT2D eigenvalue weighted by Gasteiger charge is 2.36. The number of aliphatic carboxylic acids is 1. The van der Waals surface area contributed by atoms with Crippen molar-refractivity contribution < 1.29 is 19.4 Å². The molecule has 0 aliphatic heterocycles. The Balaban J connectivity index is 3.07. The molecule has 5 nitrogen and oxygen atoms in total. The van der Waals surface area contributed by atoms with Crippen LogP contribution in [-0.4, -0.2) is 35.2 Å². The summed E-state index contributed by atoms with van der Waals surface area (Å²) in [6, 6.07) is -0.171. The molecule has 0 fully saturated rings. The van der Waals surface area contributed by atoms with E-state index in [0.717, 1.165) is 6.42 Å². The van der Waals surface area contributed by atoms with Crippen LogP contribution in [0.2, 0.25) is 0 Å². The Morgan fingerprint density at radius 3 is 2.43 bits per heavy atom. The molecule has 0 saturated carbocycles. The first-order valence-electron chi connectivity index (χ1n) is 7.57. The molecule has 0 heterocycles. The Hall–Kier alpha value is -1.36. The summed E-state index contributed by atoms with van der Waals surface area (Å²) < 4.78 is 5.84. The molecule has 0 bridgehead atoms. The maximum atomic E-state index is 11.5. The van der Waals surface area contributed by atoms with Gasteiger partial charge in [-0.25, -0.2) is 4.79 Å². The second-order valence-corrected chi connectivity index (χ2v) is 6.47. The summed E-state index contributed by atoms with van der Waals surface area (Å²) >= 11 is 0. The molecule has 1 aliphatic rings. The monoisotopic (exact) mass is 297 g/mol. The quantitative estimate of drug-likeness (QED) is 0.789. The van der Waals surface area contributed by atoms with Crippen LogP contribution in [0.3, 0.4) is 0 Å². The maximum absolute atomic E-state index is 11.5. The minimum atomic E-state index is -0.901. The largest absolute Gasteiger partial charge is 0.478 e. The van der Waals surface area contributed by atoms with Crippen LogP contribution in [0.25, 0.3) is 0 Å². The molecular formula is C16H27NO4. The molecule has 3 atom stereocenters. The summed E-state index contributed by atoms with van der Waals surface area (Å²) in [4.78, 5) is 22.8. The molecule has 0 spiro atoms. The Kier molecular flexibility index (Phi) is 6.40. The van der Waals surface area contributed by atoms with Gasteiger partial charge in [0.15, 0.2) is 0 Å². The van der Waals surface area contributed by atoms with Crippen molar-refractivity contribution in [2.24, 2.45) is 11.8 Å². The van der Waals surface area contributed by atoms with Gasteiger partial charge in [0.05, 0.1) is 18.2 Å². The third kappa shape index (κ3) is 5.50. The lowest BCUT2D eigenvalue weighted by Crippen LogP contribution is -2.51. The molecule has 0 aromatic heterocycles. The Bertz CT molecular complexity index is 415. The third-order valence-corrected chi connectivity index (χ3v) is 3.56. The minimum absolute atomic E-state index is 0.0321. The molecule has 0 aromatic rings. The van der Waals surface area contributed by atoms with Gasteiger partial charge < -0.3 is 15.2 Å². The second kappa shape index (κ2) is 7.59. The molecule has 1 aliphatic carbocycles. The first-order chi connectivity index (χ1) is 9.70. The Morgan fingerprint density at radius 1 is 1.38 bits per heavy atom. The zero-order chi connectivity index (χ0) is 16.2. The van der Waals surface area contributed by atoms with Crippen LogP contribution in [0, 0.1) is 11.8 Å². The number of rotatable bonds is 6. The highest BCUT2D eigenvalue weighted by molar-refractivity contribution is 5.87. The van der Waals surface area contributed by atoms with Crippen LogP contribution in [0.4, 0.5) is 0 Å². The summed E-state index contributed by atoms with van der Waals surface area (Å²) in [6.07, 6.45) is 2.55. The van der Waals surface area contributed by atoms with Crippen molar-refractivity contribution in [3.05, 3.63) is 11.6 Å². The van der Waals surface area contributed by atoms with E-state index in [1.807, 2.05) is 13.8 Å². The van der Waals surface area contributed by atoms with Gasteiger partial charge in [0.2, 0.25) is 5.91 Å². The molecule has 0 radical (unpaired) electrons. The number of hydrogen-bond acceptors (Lipinski definition) is 3. The molecule has 21 heavy (non-hydrogen) atoms. The van der Waals surface area contributed by atoms with Crippen molar-refractivity contribution in [1.29, 1.82) is 0 Å². The number of amides is 1. The van der Waals surface area contributed by atoms with Crippen LogP contribution in [0.5, 0.6) is 0 Å². The van der Waals surface area contributed by atoms with Crippen molar-refractivity contribution in [3.8, 4) is 0 Å². The fraction of sp³-hybridized carbons (Fsp3) is 0.750. The molecule has 2 unspecified atom stereocenters. The van der Waals surface area contributed by atoms with Crippen LogP contribution < -0.4 is 5.32 Å². The van der Waals surface area contributed by atoms with Gasteiger partial charge in [0.25, 0.3) is 0 Å². The minimum Gasteiger partial charge on any atom is -0.478 e. The summed E-state index contributed by atoms with van der Waals surface area (Å²) in [5.74, 6) is -0.506. The zero-order valence-corrected chi connectivity index (χ0v) is 13.6. The lowest BCUT2D eigenvalue weighted by molar-refractivity contribution is -0.133. The topological polar surface area (TPSA) is 75.6 Å². The SMILES string of the molecule is CC(=O)NC1C(CC(C)C)CC(C(=O)O)=C[C@H]1OC(C)C. The number of carboxylic acids is 1. The highest BCUT2D eigenvalue weighted by Crippen LogP contribution is 2.32. The molecule has 1 rings (SSSR count). The van der Waals surface area contributed by atoms with E-state index < -0.39 is 12.1 Å². The second-order valence-electron chi connectivity index (χ2n) is 6.47. The van der Waals surface area contributed by atoms with E-state index in [0.29, 0.717) is 17.9 Å². The summed E-state index contributed by atoms with van der Waals surface area (Å²) in [6.45, 7) is 9.50. The van der Waals surface area contributed by atoms with Crippen LogP contribution >= 0.6 is 0 Å². The van der Waals surface area contributed by atoms with Gasteiger partial charge in [0, 0.05) is 12.5 Å². The third-order valence-electron chi connectivity index (χ3n) is 3.56. The van der Waals surface area contributed by atoms with E-state index >= 15 is 0 Å². The molecule has 5 heteroatoms. The number of carboxylic acid groups (broad SMARTS) is 1. The fourth-order valence-corrected chi connectivity index (χ4v) is 2.91. The predicted octanol–water partition coefficient (Wildman–Crippen LogP) is 2.36. The normalized spacial score (nSPS) is 25.9. The Labute approximate surface area is 126 Å². The van der Waals surface area contributed by atoms with E-state index in [4.69, 9.17) is 4.74 Å². The molecular weight excluding hydrogens is 270 g/mol. The molecule has 2 N–H and O–H groups in total. The average Bonchev–Trinajstić information content (AvgIpc) is 2.30. The lowest BCUT2D eigenvalue weighted by atomic mass is 9.78. The maximum Gasteiger partial charge on any atom is 0.331 e. The highest BCUT2D eigenvalue weighted by atomic mass is 16.5. The van der Waals surface area contributed by atoms with Gasteiger partial charge in [-0.15, -0.1) is 0 Å². The van der Waals surface area contributed by atoms with E-state index in [2.05, 4.69) is 19.2 Å². The van der Waals surface area contributed by atoms with E-state index in [1.165, 1.54) is 6.92 Å². The van der Waals surface area contributed by atoms with Crippen molar-refractivity contribution >= 4 is 11.9 Å². The molecule has 120 valence electrons. The Morgan fingerprint density at radius 2 is 2.00 bits per heavy atom. The van der Waals surface area contributed by atoms with Gasteiger partial charge >= 0.3 is 5.97 Å². The number of hydrogen-bond donors (Lipinski definition) is 2. The average molecular weight is 297 g/mol. The first-order valence-corrected chi connectivity index (χ1v) is 7.57. The predicted molar refractivity (Wildman–Crippen MR) is 80.9 cm³/mol. The van der Waals surface area contributed by atoms with Gasteiger partial charge in [-0.2, -0.15) is 0 Å². The van der Waals surface area contributed by atoms with Crippen molar-refractivity contribution in [2.75, 3.05) is 0 Å². The number of carbonyl (C=O) groups is 2. The van der Waals surface area contributed by atoms with Crippen LogP contribution in [-0.2, 0) is 14.3 Å². The molecule has 0 aromatic carbocycles. The molecule has 0 saturated heterocycles. The number of ether oxygens (including phenoxy) is 1. The van der Waals surface area contributed by atoms with E-state index in [-0.39, 0.29) is 24.0 Å². The van der Waals surface area contributed by atoms with Crippen LogP contribution in [0.15, 0.2) is 11.6 Å². The lowest BCUT2D eigenvalue weighted by Gasteiger charge is -2.38. The first kappa shape index (κ1) is 17.7. The van der Waals surface area contributed by atoms with Crippen molar-refractivity contribution in [1.82, 2.24) is 5.32 Å². The zero-order valence-electron chi connectivity index (χ0n) is 13.6. The molecule has 1 amide bonds. The fourth-order valence-electron chi connectivity index (χ4n) is 2.91. The number of carbonyl (C=O) groups excluding carboxylic acids is 1. The van der Waals surface area contributed by atoms with Crippen molar-refractivity contribution in [2.45, 2.75) is 65.7 Å². The standard InChI is InChI=1S/C16H27NO4/c1-9(2)6-12-7-13(16(19)20)8-14(21-10(3)4)15(12)17-11(5)18/h8-10,12,14-15H,6-7H2,1-5H3,(H,17,18)(H,19,20)/t12?,14-,15?/m1/s1. The van der Waals surface area contributed by atoms with Gasteiger partial charge in [0.1, 0.15) is 0 Å². The van der Waals surface area contributed by atoms with E-state index in [1.54, 1.807) is 6.08 Å².